The molecule has 0 N–H and O–H groups in total. The molecule has 7 nitrogen and oxygen atoms in total. The van der Waals surface area contributed by atoms with E-state index in [0.29, 0.717) is 12.6 Å². The minimum Gasteiger partial charge on any atom is -0.353 e. The van der Waals surface area contributed by atoms with Gasteiger partial charge in [-0.05, 0) is 37.6 Å². The Balaban J connectivity index is 1.28. The maximum absolute atomic E-state index is 12.8. The smallest absolute Gasteiger partial charge is 0.236 e. The second-order valence-corrected chi connectivity index (χ2v) is 7.05. The SMILES string of the molecule is O=C(CN1CCCC1Cn1cccn1)N1CCN(c2ccccn2)CC1. The zero-order valence-electron chi connectivity index (χ0n) is 15.1. The fourth-order valence-corrected chi connectivity index (χ4v) is 3.93. The van der Waals surface area contributed by atoms with Gasteiger partial charge in [0.15, 0.2) is 0 Å². The summed E-state index contributed by atoms with van der Waals surface area (Å²) in [7, 11) is 0. The molecule has 4 rings (SSSR count). The summed E-state index contributed by atoms with van der Waals surface area (Å²) >= 11 is 0. The number of anilines is 1. The van der Waals surface area contributed by atoms with Crippen LogP contribution in [0.2, 0.25) is 0 Å². The van der Waals surface area contributed by atoms with Crippen molar-refractivity contribution in [3.63, 3.8) is 0 Å². The van der Waals surface area contributed by atoms with Gasteiger partial charge in [-0.2, -0.15) is 5.10 Å². The summed E-state index contributed by atoms with van der Waals surface area (Å²) in [6.07, 6.45) is 7.92. The molecular weight excluding hydrogens is 328 g/mol. The number of rotatable bonds is 5. The Bertz CT molecular complexity index is 696. The molecule has 26 heavy (non-hydrogen) atoms. The second-order valence-electron chi connectivity index (χ2n) is 7.05. The fraction of sp³-hybridized carbons (Fsp3) is 0.526. The van der Waals surface area contributed by atoms with E-state index in [-0.39, 0.29) is 5.91 Å². The molecule has 1 amide bonds. The third-order valence-corrected chi connectivity index (χ3v) is 5.40. The van der Waals surface area contributed by atoms with Crippen molar-refractivity contribution in [1.82, 2.24) is 24.6 Å². The Kier molecular flexibility index (Phi) is 5.15. The number of aromatic nitrogens is 3. The first-order valence-electron chi connectivity index (χ1n) is 9.45. The number of amides is 1. The standard InChI is InChI=1S/C19H26N6O/c26-19(16-24-9-3-5-17(24)15-25-10-4-8-21-25)23-13-11-22(12-14-23)18-6-1-2-7-20-18/h1-2,4,6-8,10,17H,3,5,9,11-16H2. The zero-order valence-corrected chi connectivity index (χ0v) is 15.1. The molecule has 0 aliphatic carbocycles. The van der Waals surface area contributed by atoms with E-state index in [1.165, 1.54) is 0 Å². The molecule has 0 radical (unpaired) electrons. The number of hydrogen-bond acceptors (Lipinski definition) is 5. The molecule has 0 saturated carbocycles. The third-order valence-electron chi connectivity index (χ3n) is 5.40. The van der Waals surface area contributed by atoms with Crippen LogP contribution in [0.1, 0.15) is 12.8 Å². The fourth-order valence-electron chi connectivity index (χ4n) is 3.93. The zero-order chi connectivity index (χ0) is 17.8. The largest absolute Gasteiger partial charge is 0.353 e. The lowest BCUT2D eigenvalue weighted by molar-refractivity contribution is -0.133. The first-order valence-corrected chi connectivity index (χ1v) is 9.45. The summed E-state index contributed by atoms with van der Waals surface area (Å²) < 4.78 is 1.97. The molecule has 0 aromatic carbocycles. The van der Waals surface area contributed by atoms with Gasteiger partial charge < -0.3 is 9.80 Å². The van der Waals surface area contributed by atoms with Crippen LogP contribution in [0, 0.1) is 0 Å². The molecule has 2 aliphatic rings. The predicted octanol–water partition coefficient (Wildman–Crippen LogP) is 1.09. The van der Waals surface area contributed by atoms with E-state index >= 15 is 0 Å². The van der Waals surface area contributed by atoms with Gasteiger partial charge in [0, 0.05) is 50.8 Å². The molecule has 2 saturated heterocycles. The van der Waals surface area contributed by atoms with Crippen LogP contribution in [0.5, 0.6) is 0 Å². The first kappa shape index (κ1) is 17.0. The van der Waals surface area contributed by atoms with E-state index in [9.17, 15) is 4.79 Å². The summed E-state index contributed by atoms with van der Waals surface area (Å²) in [5.41, 5.74) is 0. The molecule has 7 heteroatoms. The molecular formula is C19H26N6O. The first-order chi connectivity index (χ1) is 12.8. The maximum atomic E-state index is 12.8. The van der Waals surface area contributed by atoms with Crippen molar-refractivity contribution < 1.29 is 4.79 Å². The maximum Gasteiger partial charge on any atom is 0.236 e. The van der Waals surface area contributed by atoms with Crippen LogP contribution in [-0.4, -0.2) is 75.8 Å². The Labute approximate surface area is 154 Å². The van der Waals surface area contributed by atoms with Crippen LogP contribution in [0.15, 0.2) is 42.9 Å². The van der Waals surface area contributed by atoms with E-state index < -0.39 is 0 Å². The highest BCUT2D eigenvalue weighted by Crippen LogP contribution is 2.19. The van der Waals surface area contributed by atoms with Crippen LogP contribution in [0.4, 0.5) is 5.82 Å². The number of likely N-dealkylation sites (tertiary alicyclic amines) is 1. The summed E-state index contributed by atoms with van der Waals surface area (Å²) in [5.74, 6) is 1.25. The van der Waals surface area contributed by atoms with Crippen molar-refractivity contribution in [1.29, 1.82) is 0 Å². The lowest BCUT2D eigenvalue weighted by atomic mass is 10.2. The van der Waals surface area contributed by atoms with E-state index in [1.54, 1.807) is 0 Å². The number of nitrogens with zero attached hydrogens (tertiary/aromatic N) is 6. The summed E-state index contributed by atoms with van der Waals surface area (Å²) in [5, 5.41) is 4.30. The van der Waals surface area contributed by atoms with Gasteiger partial charge in [0.25, 0.3) is 0 Å². The average molecular weight is 354 g/mol. The monoisotopic (exact) mass is 354 g/mol. The number of piperazine rings is 1. The molecule has 2 aromatic rings. The molecule has 2 aliphatic heterocycles. The molecule has 1 unspecified atom stereocenters. The highest BCUT2D eigenvalue weighted by atomic mass is 16.2. The molecule has 0 spiro atoms. The minimum atomic E-state index is 0.248. The van der Waals surface area contributed by atoms with E-state index in [1.807, 2.05) is 52.4 Å². The van der Waals surface area contributed by atoms with Crippen molar-refractivity contribution in [3.05, 3.63) is 42.9 Å². The molecule has 4 heterocycles. The third kappa shape index (κ3) is 3.88. The highest BCUT2D eigenvalue weighted by molar-refractivity contribution is 5.78. The number of hydrogen-bond donors (Lipinski definition) is 0. The van der Waals surface area contributed by atoms with Gasteiger partial charge in [0.05, 0.1) is 13.1 Å². The van der Waals surface area contributed by atoms with E-state index in [2.05, 4.69) is 19.9 Å². The number of pyridine rings is 1. The van der Waals surface area contributed by atoms with Crippen LogP contribution >= 0.6 is 0 Å². The summed E-state index contributed by atoms with van der Waals surface area (Å²) in [4.78, 5) is 23.8. The number of carbonyl (C=O) groups is 1. The molecule has 2 fully saturated rings. The van der Waals surface area contributed by atoms with Gasteiger partial charge >= 0.3 is 0 Å². The minimum absolute atomic E-state index is 0.248. The Hall–Kier alpha value is -2.41. The van der Waals surface area contributed by atoms with Crippen molar-refractivity contribution in [2.75, 3.05) is 44.2 Å². The Morgan fingerprint density at radius 2 is 1.96 bits per heavy atom. The molecule has 1 atom stereocenters. The van der Waals surface area contributed by atoms with Gasteiger partial charge in [-0.1, -0.05) is 6.07 Å². The predicted molar refractivity (Wildman–Crippen MR) is 99.9 cm³/mol. The van der Waals surface area contributed by atoms with Gasteiger partial charge in [-0.3, -0.25) is 14.4 Å². The Morgan fingerprint density at radius 1 is 1.08 bits per heavy atom. The molecule has 2 aromatic heterocycles. The second kappa shape index (κ2) is 7.86. The normalized spacial score (nSPS) is 21.3. The van der Waals surface area contributed by atoms with Crippen molar-refractivity contribution in [3.8, 4) is 0 Å². The van der Waals surface area contributed by atoms with Crippen molar-refractivity contribution in [2.45, 2.75) is 25.4 Å². The van der Waals surface area contributed by atoms with Crippen LogP contribution < -0.4 is 4.90 Å². The lowest BCUT2D eigenvalue weighted by Crippen LogP contribution is -2.52. The van der Waals surface area contributed by atoms with Crippen LogP contribution in [-0.2, 0) is 11.3 Å². The average Bonchev–Trinajstić information content (AvgIpc) is 3.35. The van der Waals surface area contributed by atoms with E-state index in [0.717, 1.165) is 57.9 Å². The number of carbonyl (C=O) groups excluding carboxylic acids is 1. The van der Waals surface area contributed by atoms with Gasteiger partial charge in [-0.25, -0.2) is 4.98 Å². The summed E-state index contributed by atoms with van der Waals surface area (Å²) in [6.45, 7) is 5.63. The van der Waals surface area contributed by atoms with Crippen LogP contribution in [0.3, 0.4) is 0 Å². The van der Waals surface area contributed by atoms with Gasteiger partial charge in [0.2, 0.25) is 5.91 Å². The topological polar surface area (TPSA) is 57.5 Å². The summed E-state index contributed by atoms with van der Waals surface area (Å²) in [6, 6.07) is 8.33. The molecule has 138 valence electrons. The molecule has 0 bridgehead atoms. The van der Waals surface area contributed by atoms with Crippen molar-refractivity contribution in [2.24, 2.45) is 0 Å². The van der Waals surface area contributed by atoms with Crippen LogP contribution in [0.25, 0.3) is 0 Å². The van der Waals surface area contributed by atoms with Gasteiger partial charge in [-0.15, -0.1) is 0 Å². The van der Waals surface area contributed by atoms with Crippen molar-refractivity contribution >= 4 is 11.7 Å². The van der Waals surface area contributed by atoms with E-state index in [4.69, 9.17) is 0 Å². The highest BCUT2D eigenvalue weighted by Gasteiger charge is 2.29. The quantitative estimate of drug-likeness (QED) is 0.805. The Morgan fingerprint density at radius 3 is 2.69 bits per heavy atom. The lowest BCUT2D eigenvalue weighted by Gasteiger charge is -2.36. The van der Waals surface area contributed by atoms with Gasteiger partial charge in [0.1, 0.15) is 5.82 Å².